The summed E-state index contributed by atoms with van der Waals surface area (Å²) in [5.74, 6) is -1.44. The van der Waals surface area contributed by atoms with E-state index in [9.17, 15) is 9.59 Å². The molecule has 0 aliphatic rings. The lowest BCUT2D eigenvalue weighted by Crippen LogP contribution is -2.22. The molecule has 0 amide bonds. The Morgan fingerprint density at radius 1 is 1.35 bits per heavy atom. The first-order chi connectivity index (χ1) is 11.0. The van der Waals surface area contributed by atoms with Crippen LogP contribution in [0.25, 0.3) is 0 Å². The summed E-state index contributed by atoms with van der Waals surface area (Å²) >= 11 is 11.9. The summed E-state index contributed by atoms with van der Waals surface area (Å²) in [6.07, 6.45) is 0.616. The molecule has 122 valence electrons. The van der Waals surface area contributed by atoms with Crippen molar-refractivity contribution in [3.63, 3.8) is 0 Å². The zero-order valence-corrected chi connectivity index (χ0v) is 13.9. The third kappa shape index (κ3) is 3.83. The lowest BCUT2D eigenvalue weighted by atomic mass is 10.1. The number of aromatic nitrogens is 2. The number of rotatable bonds is 5. The topological polar surface area (TPSA) is 81.3 Å². The van der Waals surface area contributed by atoms with E-state index in [0.29, 0.717) is 17.1 Å². The number of halogens is 2. The van der Waals surface area contributed by atoms with Gasteiger partial charge in [0.15, 0.2) is 0 Å². The van der Waals surface area contributed by atoms with E-state index < -0.39 is 18.0 Å². The van der Waals surface area contributed by atoms with E-state index in [4.69, 9.17) is 32.7 Å². The second-order valence-electron chi connectivity index (χ2n) is 4.59. The molecule has 0 aliphatic heterocycles. The van der Waals surface area contributed by atoms with Crippen molar-refractivity contribution >= 4 is 35.1 Å². The molecule has 2 rings (SSSR count). The highest BCUT2D eigenvalue weighted by Gasteiger charge is 2.29. The molecule has 8 heteroatoms. The number of ether oxygens (including phenoxy) is 2. The van der Waals surface area contributed by atoms with Gasteiger partial charge in [-0.15, -0.1) is 0 Å². The number of carbonyl (C=O) groups excluding carboxylic acids is 2. The minimum atomic E-state index is -1.29. The SMILES string of the molecule is CCc1[nH]ncc1C(=O)OC(C(=O)OC)c1ccc(Cl)cc1Cl. The molecule has 1 heterocycles. The van der Waals surface area contributed by atoms with Crippen molar-refractivity contribution < 1.29 is 19.1 Å². The van der Waals surface area contributed by atoms with Gasteiger partial charge in [0, 0.05) is 21.3 Å². The van der Waals surface area contributed by atoms with Crippen LogP contribution in [0.1, 0.15) is 34.6 Å². The molecule has 2 aromatic rings. The number of nitrogens with one attached hydrogen (secondary N) is 1. The Balaban J connectivity index is 2.33. The number of benzene rings is 1. The van der Waals surface area contributed by atoms with Gasteiger partial charge in [-0.3, -0.25) is 5.10 Å². The Hall–Kier alpha value is -2.05. The molecule has 1 N–H and O–H groups in total. The first-order valence-electron chi connectivity index (χ1n) is 6.73. The van der Waals surface area contributed by atoms with Crippen LogP contribution in [0.3, 0.4) is 0 Å². The number of hydrogen-bond acceptors (Lipinski definition) is 5. The van der Waals surface area contributed by atoms with Crippen LogP contribution in [0.15, 0.2) is 24.4 Å². The van der Waals surface area contributed by atoms with Crippen LogP contribution < -0.4 is 0 Å². The molecule has 0 saturated heterocycles. The smallest absolute Gasteiger partial charge is 0.352 e. The van der Waals surface area contributed by atoms with E-state index in [1.807, 2.05) is 6.92 Å². The fourth-order valence-corrected chi connectivity index (χ4v) is 2.50. The molecule has 23 heavy (non-hydrogen) atoms. The lowest BCUT2D eigenvalue weighted by molar-refractivity contribution is -0.151. The molecule has 1 atom stereocenters. The molecule has 0 spiro atoms. The largest absolute Gasteiger partial charge is 0.466 e. The van der Waals surface area contributed by atoms with Crippen molar-refractivity contribution in [1.82, 2.24) is 10.2 Å². The van der Waals surface area contributed by atoms with Gasteiger partial charge in [0.05, 0.1) is 13.3 Å². The third-order valence-corrected chi connectivity index (χ3v) is 3.74. The Morgan fingerprint density at radius 2 is 2.09 bits per heavy atom. The zero-order valence-electron chi connectivity index (χ0n) is 12.4. The summed E-state index contributed by atoms with van der Waals surface area (Å²) < 4.78 is 9.99. The van der Waals surface area contributed by atoms with Crippen molar-refractivity contribution in [1.29, 1.82) is 0 Å². The fraction of sp³-hybridized carbons (Fsp3) is 0.267. The van der Waals surface area contributed by atoms with Gasteiger partial charge < -0.3 is 9.47 Å². The maximum absolute atomic E-state index is 12.3. The quantitative estimate of drug-likeness (QED) is 0.830. The number of aromatic amines is 1. The normalized spacial score (nSPS) is 11.8. The molecule has 0 fully saturated rings. The first-order valence-corrected chi connectivity index (χ1v) is 7.49. The van der Waals surface area contributed by atoms with Crippen LogP contribution in [0.2, 0.25) is 10.0 Å². The Bertz CT molecular complexity index is 730. The number of carbonyl (C=O) groups is 2. The van der Waals surface area contributed by atoms with Crippen molar-refractivity contribution in [3.8, 4) is 0 Å². The minimum Gasteiger partial charge on any atom is -0.466 e. The summed E-state index contributed by atoms with van der Waals surface area (Å²) in [6.45, 7) is 1.86. The van der Waals surface area contributed by atoms with E-state index in [0.717, 1.165) is 0 Å². The summed E-state index contributed by atoms with van der Waals surface area (Å²) in [4.78, 5) is 24.3. The maximum Gasteiger partial charge on any atom is 0.352 e. The Labute approximate surface area is 142 Å². The number of hydrogen-bond donors (Lipinski definition) is 1. The van der Waals surface area contributed by atoms with Gasteiger partial charge in [-0.25, -0.2) is 9.59 Å². The van der Waals surface area contributed by atoms with Crippen LogP contribution in [0.5, 0.6) is 0 Å². The third-order valence-electron chi connectivity index (χ3n) is 3.18. The van der Waals surface area contributed by atoms with Gasteiger partial charge in [-0.05, 0) is 18.6 Å². The van der Waals surface area contributed by atoms with Gasteiger partial charge >= 0.3 is 11.9 Å². The average molecular weight is 357 g/mol. The fourth-order valence-electron chi connectivity index (χ4n) is 1.99. The monoisotopic (exact) mass is 356 g/mol. The van der Waals surface area contributed by atoms with Gasteiger partial charge in [0.1, 0.15) is 5.56 Å². The number of esters is 2. The van der Waals surface area contributed by atoms with Gasteiger partial charge in [-0.1, -0.05) is 36.2 Å². The van der Waals surface area contributed by atoms with Crippen LogP contribution in [-0.2, 0) is 20.7 Å². The number of methoxy groups -OCH3 is 1. The molecule has 1 unspecified atom stereocenters. The van der Waals surface area contributed by atoms with Gasteiger partial charge in [0.2, 0.25) is 6.10 Å². The van der Waals surface area contributed by atoms with E-state index in [2.05, 4.69) is 10.2 Å². The van der Waals surface area contributed by atoms with E-state index in [1.165, 1.54) is 25.4 Å². The molecule has 6 nitrogen and oxygen atoms in total. The van der Waals surface area contributed by atoms with Crippen LogP contribution in [-0.4, -0.2) is 29.2 Å². The second kappa shape index (κ2) is 7.48. The molecule has 0 bridgehead atoms. The minimum absolute atomic E-state index is 0.198. The summed E-state index contributed by atoms with van der Waals surface area (Å²) in [7, 11) is 1.20. The molecule has 0 radical (unpaired) electrons. The van der Waals surface area contributed by atoms with E-state index in [-0.39, 0.29) is 16.1 Å². The van der Waals surface area contributed by atoms with Crippen molar-refractivity contribution in [2.24, 2.45) is 0 Å². The molecule has 1 aromatic carbocycles. The van der Waals surface area contributed by atoms with Crippen molar-refractivity contribution in [2.75, 3.05) is 7.11 Å². The lowest BCUT2D eigenvalue weighted by Gasteiger charge is -2.17. The Morgan fingerprint density at radius 3 is 2.70 bits per heavy atom. The van der Waals surface area contributed by atoms with Crippen LogP contribution in [0.4, 0.5) is 0 Å². The molecular formula is C15H14Cl2N2O4. The summed E-state index contributed by atoms with van der Waals surface area (Å²) in [5.41, 5.74) is 1.16. The van der Waals surface area contributed by atoms with E-state index >= 15 is 0 Å². The van der Waals surface area contributed by atoms with Crippen molar-refractivity contribution in [2.45, 2.75) is 19.4 Å². The standard InChI is InChI=1S/C15H14Cl2N2O4/c1-3-12-10(7-18-19-12)14(20)23-13(15(21)22-2)9-5-4-8(16)6-11(9)17/h4-7,13H,3H2,1-2H3,(H,18,19). The zero-order chi connectivity index (χ0) is 17.0. The van der Waals surface area contributed by atoms with Crippen LogP contribution in [0, 0.1) is 0 Å². The highest BCUT2D eigenvalue weighted by Crippen LogP contribution is 2.30. The summed E-state index contributed by atoms with van der Waals surface area (Å²) in [6, 6.07) is 4.51. The van der Waals surface area contributed by atoms with E-state index in [1.54, 1.807) is 6.07 Å². The average Bonchev–Trinajstić information content (AvgIpc) is 3.01. The van der Waals surface area contributed by atoms with Gasteiger partial charge in [0.25, 0.3) is 0 Å². The maximum atomic E-state index is 12.3. The predicted octanol–water partition coefficient (Wildman–Crippen LogP) is 3.35. The first kappa shape index (κ1) is 17.3. The number of nitrogens with zero attached hydrogens (tertiary/aromatic N) is 1. The molecular weight excluding hydrogens is 343 g/mol. The van der Waals surface area contributed by atoms with Crippen LogP contribution >= 0.6 is 23.2 Å². The molecule has 0 saturated carbocycles. The summed E-state index contributed by atoms with van der Waals surface area (Å²) in [5, 5.41) is 7.10. The number of H-pyrrole nitrogens is 1. The highest BCUT2D eigenvalue weighted by atomic mass is 35.5. The molecule has 1 aromatic heterocycles. The predicted molar refractivity (Wildman–Crippen MR) is 84.6 cm³/mol. The van der Waals surface area contributed by atoms with Crippen molar-refractivity contribution in [3.05, 3.63) is 51.3 Å². The highest BCUT2D eigenvalue weighted by molar-refractivity contribution is 6.35. The number of aryl methyl sites for hydroxylation is 1. The molecule has 0 aliphatic carbocycles. The van der Waals surface area contributed by atoms with Gasteiger partial charge in [-0.2, -0.15) is 5.10 Å². The Kier molecular flexibility index (Phi) is 5.63. The second-order valence-corrected chi connectivity index (χ2v) is 5.43.